The Labute approximate surface area is 108 Å². The summed E-state index contributed by atoms with van der Waals surface area (Å²) in [5.41, 5.74) is 0.579. The number of rotatable bonds is 4. The molecule has 0 amide bonds. The molecule has 0 fully saturated rings. The molecule has 0 aliphatic heterocycles. The summed E-state index contributed by atoms with van der Waals surface area (Å²) in [5.74, 6) is -0.586. The highest BCUT2D eigenvalue weighted by Gasteiger charge is 2.11. The third kappa shape index (κ3) is 4.00. The minimum atomic E-state index is -0.888. The second-order valence-electron chi connectivity index (χ2n) is 2.76. The highest BCUT2D eigenvalue weighted by Crippen LogP contribution is 2.08. The van der Waals surface area contributed by atoms with Gasteiger partial charge in [0.1, 0.15) is 10.5 Å². The summed E-state index contributed by atoms with van der Waals surface area (Å²) >= 11 is 16.6. The van der Waals surface area contributed by atoms with Crippen LogP contribution in [-0.2, 0) is 4.84 Å². The van der Waals surface area contributed by atoms with Gasteiger partial charge in [-0.1, -0.05) is 46.6 Å². The molecule has 0 heterocycles. The standard InChI is InChI=1S/C10H8Cl3NO2/c11-6-8(9(12)13)14-16-10(15)7-4-2-1-3-5-7/h1-5,9H,6H2. The summed E-state index contributed by atoms with van der Waals surface area (Å²) in [6.07, 6.45) is 0. The summed E-state index contributed by atoms with van der Waals surface area (Å²) in [4.78, 5) is 15.2. The van der Waals surface area contributed by atoms with E-state index >= 15 is 0 Å². The Morgan fingerprint density at radius 2 is 1.94 bits per heavy atom. The first-order chi connectivity index (χ1) is 7.65. The smallest absolute Gasteiger partial charge is 0.313 e. The van der Waals surface area contributed by atoms with Gasteiger partial charge in [0.2, 0.25) is 0 Å². The maximum absolute atomic E-state index is 11.4. The quantitative estimate of drug-likeness (QED) is 0.367. The first-order valence-electron chi connectivity index (χ1n) is 4.32. The van der Waals surface area contributed by atoms with Gasteiger partial charge in [0.05, 0.1) is 11.4 Å². The molecule has 3 nitrogen and oxygen atoms in total. The van der Waals surface area contributed by atoms with Crippen molar-refractivity contribution in [2.24, 2.45) is 5.16 Å². The number of benzene rings is 1. The van der Waals surface area contributed by atoms with Gasteiger partial charge in [0.15, 0.2) is 0 Å². The Morgan fingerprint density at radius 3 is 2.44 bits per heavy atom. The van der Waals surface area contributed by atoms with Gasteiger partial charge in [-0.3, -0.25) is 0 Å². The predicted octanol–water partition coefficient (Wildman–Crippen LogP) is 3.24. The van der Waals surface area contributed by atoms with Crippen molar-refractivity contribution >= 4 is 46.5 Å². The van der Waals surface area contributed by atoms with E-state index in [1.54, 1.807) is 30.3 Å². The van der Waals surface area contributed by atoms with Crippen LogP contribution in [0.3, 0.4) is 0 Å². The number of nitrogens with zero attached hydrogens (tertiary/aromatic N) is 1. The molecule has 1 rings (SSSR count). The van der Waals surface area contributed by atoms with Crippen LogP contribution in [0.4, 0.5) is 0 Å². The third-order valence-corrected chi connectivity index (χ3v) is 2.42. The Kier molecular flexibility index (Phi) is 5.60. The van der Waals surface area contributed by atoms with Crippen LogP contribution in [0.1, 0.15) is 10.4 Å². The van der Waals surface area contributed by atoms with Crippen LogP contribution in [0.2, 0.25) is 0 Å². The van der Waals surface area contributed by atoms with E-state index in [9.17, 15) is 4.79 Å². The zero-order valence-electron chi connectivity index (χ0n) is 8.07. The molecular formula is C10H8Cl3NO2. The van der Waals surface area contributed by atoms with Crippen LogP contribution in [0.15, 0.2) is 35.5 Å². The van der Waals surface area contributed by atoms with E-state index in [4.69, 9.17) is 34.8 Å². The van der Waals surface area contributed by atoms with Crippen molar-refractivity contribution in [3.63, 3.8) is 0 Å². The average Bonchev–Trinajstić information content (AvgIpc) is 2.30. The number of hydrogen-bond acceptors (Lipinski definition) is 3. The lowest BCUT2D eigenvalue weighted by Gasteiger charge is -2.02. The molecular weight excluding hydrogens is 272 g/mol. The van der Waals surface area contributed by atoms with Crippen LogP contribution in [0.25, 0.3) is 0 Å². The number of alkyl halides is 3. The molecule has 0 saturated heterocycles. The molecule has 0 saturated carbocycles. The first-order valence-corrected chi connectivity index (χ1v) is 5.73. The Morgan fingerprint density at radius 1 is 1.31 bits per heavy atom. The van der Waals surface area contributed by atoms with Crippen molar-refractivity contribution in [2.45, 2.75) is 4.84 Å². The van der Waals surface area contributed by atoms with E-state index in [2.05, 4.69) is 9.99 Å². The van der Waals surface area contributed by atoms with E-state index in [0.29, 0.717) is 5.56 Å². The molecule has 6 heteroatoms. The maximum atomic E-state index is 11.4. The molecule has 0 N–H and O–H groups in total. The second kappa shape index (κ2) is 6.74. The van der Waals surface area contributed by atoms with Gasteiger partial charge in [0.25, 0.3) is 0 Å². The van der Waals surface area contributed by atoms with Gasteiger partial charge in [0, 0.05) is 0 Å². The largest absolute Gasteiger partial charge is 0.365 e. The second-order valence-corrected chi connectivity index (χ2v) is 4.13. The summed E-state index contributed by atoms with van der Waals surface area (Å²) in [6, 6.07) is 8.44. The minimum absolute atomic E-state index is 0.000262. The van der Waals surface area contributed by atoms with E-state index in [0.717, 1.165) is 0 Å². The normalized spacial score (nSPS) is 11.6. The molecule has 0 aromatic heterocycles. The predicted molar refractivity (Wildman–Crippen MR) is 65.5 cm³/mol. The van der Waals surface area contributed by atoms with Gasteiger partial charge in [-0.15, -0.1) is 11.6 Å². The van der Waals surface area contributed by atoms with Crippen molar-refractivity contribution in [3.05, 3.63) is 35.9 Å². The topological polar surface area (TPSA) is 38.7 Å². The van der Waals surface area contributed by atoms with Crippen LogP contribution >= 0.6 is 34.8 Å². The van der Waals surface area contributed by atoms with Crippen LogP contribution in [-0.4, -0.2) is 22.4 Å². The fourth-order valence-corrected chi connectivity index (χ4v) is 1.44. The third-order valence-electron chi connectivity index (χ3n) is 1.64. The van der Waals surface area contributed by atoms with Gasteiger partial charge < -0.3 is 4.84 Å². The van der Waals surface area contributed by atoms with Crippen LogP contribution in [0, 0.1) is 0 Å². The zero-order valence-corrected chi connectivity index (χ0v) is 10.3. The van der Waals surface area contributed by atoms with E-state index < -0.39 is 10.8 Å². The van der Waals surface area contributed by atoms with Gasteiger partial charge in [-0.05, 0) is 12.1 Å². The molecule has 0 radical (unpaired) electrons. The van der Waals surface area contributed by atoms with E-state index in [-0.39, 0.29) is 11.6 Å². The van der Waals surface area contributed by atoms with Crippen molar-refractivity contribution < 1.29 is 9.63 Å². The number of carbonyl (C=O) groups excluding carboxylic acids is 1. The highest BCUT2D eigenvalue weighted by atomic mass is 35.5. The van der Waals surface area contributed by atoms with Crippen LogP contribution < -0.4 is 0 Å². The Bertz CT molecular complexity index is 379. The van der Waals surface area contributed by atoms with Crippen molar-refractivity contribution in [3.8, 4) is 0 Å². The monoisotopic (exact) mass is 279 g/mol. The fraction of sp³-hybridized carbons (Fsp3) is 0.200. The van der Waals surface area contributed by atoms with Gasteiger partial charge >= 0.3 is 5.97 Å². The number of carbonyl (C=O) groups is 1. The molecule has 0 aliphatic rings. The molecule has 0 aliphatic carbocycles. The van der Waals surface area contributed by atoms with E-state index in [1.807, 2.05) is 0 Å². The molecule has 1 aromatic rings. The minimum Gasteiger partial charge on any atom is -0.313 e. The number of halogens is 3. The lowest BCUT2D eigenvalue weighted by Crippen LogP contribution is -2.12. The first kappa shape index (κ1) is 13.3. The lowest BCUT2D eigenvalue weighted by atomic mass is 10.2. The SMILES string of the molecule is O=C(ON=C(CCl)C(Cl)Cl)c1ccccc1. The van der Waals surface area contributed by atoms with Crippen molar-refractivity contribution in [1.29, 1.82) is 0 Å². The van der Waals surface area contributed by atoms with E-state index in [1.165, 1.54) is 0 Å². The number of hydrogen-bond donors (Lipinski definition) is 0. The molecule has 16 heavy (non-hydrogen) atoms. The number of oxime groups is 1. The molecule has 0 spiro atoms. The Hall–Kier alpha value is -0.770. The van der Waals surface area contributed by atoms with Crippen LogP contribution in [0.5, 0.6) is 0 Å². The van der Waals surface area contributed by atoms with Gasteiger partial charge in [-0.2, -0.15) is 0 Å². The summed E-state index contributed by atoms with van der Waals surface area (Å²) < 4.78 is 0. The zero-order chi connectivity index (χ0) is 12.0. The molecule has 0 unspecified atom stereocenters. The molecule has 1 aromatic carbocycles. The summed E-state index contributed by atoms with van der Waals surface area (Å²) in [5, 5.41) is 3.49. The molecule has 0 atom stereocenters. The average molecular weight is 281 g/mol. The summed E-state index contributed by atoms with van der Waals surface area (Å²) in [7, 11) is 0. The van der Waals surface area contributed by atoms with Crippen molar-refractivity contribution in [1.82, 2.24) is 0 Å². The van der Waals surface area contributed by atoms with Gasteiger partial charge in [-0.25, -0.2) is 4.79 Å². The Balaban J connectivity index is 2.66. The molecule has 86 valence electrons. The summed E-state index contributed by atoms with van der Waals surface area (Å²) in [6.45, 7) is 0. The maximum Gasteiger partial charge on any atom is 0.365 e. The van der Waals surface area contributed by atoms with Crippen molar-refractivity contribution in [2.75, 3.05) is 5.88 Å². The lowest BCUT2D eigenvalue weighted by molar-refractivity contribution is 0.0516. The highest BCUT2D eigenvalue weighted by molar-refractivity contribution is 6.56. The fourth-order valence-electron chi connectivity index (χ4n) is 0.850. The molecule has 0 bridgehead atoms.